The van der Waals surface area contributed by atoms with Gasteiger partial charge in [0.25, 0.3) is 0 Å². The Balaban J connectivity index is 0.00000180. The Kier molecular flexibility index (Phi) is 5.66. The fraction of sp³-hybridized carbons (Fsp3) is 0.286. The Morgan fingerprint density at radius 1 is 1.16 bits per heavy atom. The molecule has 0 spiro atoms. The first-order valence-corrected chi connectivity index (χ1v) is 6.56. The lowest BCUT2D eigenvalue weighted by atomic mass is 10.0. The smallest absolute Gasteiger partial charge is 0.127 e. The van der Waals surface area contributed by atoms with Gasteiger partial charge in [0.15, 0.2) is 0 Å². The number of hydrogen-bond donors (Lipinski definition) is 1. The van der Waals surface area contributed by atoms with E-state index in [1.54, 1.807) is 25.6 Å². The van der Waals surface area contributed by atoms with E-state index in [1.165, 1.54) is 0 Å². The molecule has 1 heterocycles. The molecule has 0 radical (unpaired) electrons. The summed E-state index contributed by atoms with van der Waals surface area (Å²) in [5, 5.41) is 2.02. The van der Waals surface area contributed by atoms with E-state index in [0.29, 0.717) is 0 Å². The summed E-state index contributed by atoms with van der Waals surface area (Å²) >= 11 is 1.63. The molecule has 104 valence electrons. The molecular weight excluding hydrogens is 282 g/mol. The van der Waals surface area contributed by atoms with Crippen LogP contribution in [0.15, 0.2) is 29.6 Å². The van der Waals surface area contributed by atoms with Crippen LogP contribution in [0.5, 0.6) is 11.5 Å². The number of nitrogens with two attached hydrogens (primary N) is 1. The molecule has 0 fully saturated rings. The van der Waals surface area contributed by atoms with Gasteiger partial charge in [-0.05, 0) is 36.1 Å². The largest absolute Gasteiger partial charge is 0.496 e. The minimum atomic E-state index is -0.226. The van der Waals surface area contributed by atoms with E-state index in [2.05, 4.69) is 0 Å². The molecule has 3 nitrogen and oxygen atoms in total. The fourth-order valence-corrected chi connectivity index (χ4v) is 2.72. The van der Waals surface area contributed by atoms with Gasteiger partial charge in [0.05, 0.1) is 25.8 Å². The van der Waals surface area contributed by atoms with Crippen LogP contribution in [0.25, 0.3) is 0 Å². The number of thiophene rings is 1. The van der Waals surface area contributed by atoms with Crippen LogP contribution < -0.4 is 15.2 Å². The number of benzene rings is 1. The molecule has 0 unspecified atom stereocenters. The van der Waals surface area contributed by atoms with E-state index in [-0.39, 0.29) is 18.4 Å². The third kappa shape index (κ3) is 3.21. The fourth-order valence-electron chi connectivity index (χ4n) is 1.99. The van der Waals surface area contributed by atoms with Crippen molar-refractivity contribution in [3.63, 3.8) is 0 Å². The van der Waals surface area contributed by atoms with E-state index in [0.717, 1.165) is 27.5 Å². The van der Waals surface area contributed by atoms with Crippen molar-refractivity contribution >= 4 is 23.7 Å². The molecule has 1 atom stereocenters. The summed E-state index contributed by atoms with van der Waals surface area (Å²) in [4.78, 5) is 1.09. The maximum absolute atomic E-state index is 6.31. The van der Waals surface area contributed by atoms with Gasteiger partial charge in [-0.15, -0.1) is 23.7 Å². The van der Waals surface area contributed by atoms with Crippen molar-refractivity contribution in [3.05, 3.63) is 45.6 Å². The van der Waals surface area contributed by atoms with Crippen molar-refractivity contribution in [1.29, 1.82) is 0 Å². The summed E-state index contributed by atoms with van der Waals surface area (Å²) in [6.07, 6.45) is 0. The topological polar surface area (TPSA) is 44.5 Å². The lowest BCUT2D eigenvalue weighted by Gasteiger charge is -2.19. The quantitative estimate of drug-likeness (QED) is 0.939. The maximum atomic E-state index is 6.31. The van der Waals surface area contributed by atoms with Gasteiger partial charge >= 0.3 is 0 Å². The Morgan fingerprint density at radius 3 is 2.16 bits per heavy atom. The van der Waals surface area contributed by atoms with Crippen molar-refractivity contribution in [2.45, 2.75) is 13.0 Å². The van der Waals surface area contributed by atoms with Gasteiger partial charge in [-0.25, -0.2) is 0 Å². The first kappa shape index (κ1) is 15.8. The molecule has 0 aliphatic rings. The summed E-state index contributed by atoms with van der Waals surface area (Å²) < 4.78 is 10.9. The van der Waals surface area contributed by atoms with Gasteiger partial charge in [-0.3, -0.25) is 0 Å². The summed E-state index contributed by atoms with van der Waals surface area (Å²) in [5.74, 6) is 1.54. The highest BCUT2D eigenvalue weighted by Gasteiger charge is 2.20. The van der Waals surface area contributed by atoms with Crippen molar-refractivity contribution in [2.24, 2.45) is 5.73 Å². The zero-order valence-electron chi connectivity index (χ0n) is 11.2. The summed E-state index contributed by atoms with van der Waals surface area (Å²) in [6.45, 7) is 2.01. The normalized spacial score (nSPS) is 11.6. The monoisotopic (exact) mass is 299 g/mol. The molecular formula is C14H18ClNO2S. The predicted molar refractivity (Wildman–Crippen MR) is 81.9 cm³/mol. The minimum Gasteiger partial charge on any atom is -0.496 e. The number of ether oxygens (including phenoxy) is 2. The van der Waals surface area contributed by atoms with Crippen molar-refractivity contribution < 1.29 is 9.47 Å². The molecule has 19 heavy (non-hydrogen) atoms. The van der Waals surface area contributed by atoms with Crippen LogP contribution in [0.1, 0.15) is 22.0 Å². The lowest BCUT2D eigenvalue weighted by molar-refractivity contribution is 0.382. The molecule has 0 aliphatic heterocycles. The average Bonchev–Trinajstić information content (AvgIpc) is 2.90. The van der Waals surface area contributed by atoms with Gasteiger partial charge in [0, 0.05) is 4.88 Å². The van der Waals surface area contributed by atoms with E-state index >= 15 is 0 Å². The van der Waals surface area contributed by atoms with Crippen molar-refractivity contribution in [3.8, 4) is 11.5 Å². The van der Waals surface area contributed by atoms with Crippen LogP contribution in [0.2, 0.25) is 0 Å². The molecule has 0 saturated carbocycles. The average molecular weight is 300 g/mol. The minimum absolute atomic E-state index is 0. The third-order valence-electron chi connectivity index (χ3n) is 2.85. The van der Waals surface area contributed by atoms with E-state index in [9.17, 15) is 0 Å². The number of methoxy groups -OCH3 is 2. The molecule has 2 rings (SSSR count). The highest BCUT2D eigenvalue weighted by molar-refractivity contribution is 7.10. The molecule has 0 saturated heterocycles. The van der Waals surface area contributed by atoms with Crippen molar-refractivity contribution in [1.82, 2.24) is 0 Å². The Bertz CT molecular complexity index is 503. The van der Waals surface area contributed by atoms with E-state index in [4.69, 9.17) is 15.2 Å². The molecule has 2 aromatic rings. The van der Waals surface area contributed by atoms with Gasteiger partial charge in [-0.2, -0.15) is 0 Å². The molecule has 1 aromatic carbocycles. The van der Waals surface area contributed by atoms with Crippen LogP contribution in [-0.4, -0.2) is 14.2 Å². The Morgan fingerprint density at radius 2 is 1.74 bits per heavy atom. The maximum Gasteiger partial charge on any atom is 0.127 e. The van der Waals surface area contributed by atoms with Crippen LogP contribution in [-0.2, 0) is 0 Å². The van der Waals surface area contributed by atoms with E-state index in [1.807, 2.05) is 36.6 Å². The lowest BCUT2D eigenvalue weighted by Crippen LogP contribution is -2.13. The number of halogens is 1. The summed E-state index contributed by atoms with van der Waals surface area (Å²) in [5.41, 5.74) is 8.30. The third-order valence-corrected chi connectivity index (χ3v) is 3.80. The first-order valence-electron chi connectivity index (χ1n) is 5.69. The molecule has 2 N–H and O–H groups in total. The van der Waals surface area contributed by atoms with Crippen LogP contribution in [0.4, 0.5) is 0 Å². The molecule has 1 aromatic heterocycles. The number of rotatable bonds is 4. The van der Waals surface area contributed by atoms with Crippen LogP contribution in [0.3, 0.4) is 0 Å². The molecule has 0 bridgehead atoms. The zero-order valence-corrected chi connectivity index (χ0v) is 12.8. The van der Waals surface area contributed by atoms with Crippen LogP contribution >= 0.6 is 23.7 Å². The van der Waals surface area contributed by atoms with Gasteiger partial charge in [-0.1, -0.05) is 6.07 Å². The highest BCUT2D eigenvalue weighted by atomic mass is 35.5. The SMILES string of the molecule is COc1cc(C)cc(OC)c1[C@H](N)c1cccs1.Cl. The first-order chi connectivity index (χ1) is 8.67. The zero-order chi connectivity index (χ0) is 13.1. The summed E-state index contributed by atoms with van der Waals surface area (Å²) in [7, 11) is 3.30. The van der Waals surface area contributed by atoms with Gasteiger partial charge in [0.1, 0.15) is 11.5 Å². The van der Waals surface area contributed by atoms with E-state index < -0.39 is 0 Å². The van der Waals surface area contributed by atoms with Crippen molar-refractivity contribution in [2.75, 3.05) is 14.2 Å². The predicted octanol–water partition coefficient (Wildman–Crippen LogP) is 3.54. The second-order valence-electron chi connectivity index (χ2n) is 4.08. The molecule has 0 aliphatic carbocycles. The standard InChI is InChI=1S/C14H17NO2S.ClH/c1-9-7-10(16-2)13(11(8-9)17-3)14(15)12-5-4-6-18-12;/h4-8,14H,15H2,1-3H3;1H/t14-;/m1./s1. The summed E-state index contributed by atoms with van der Waals surface area (Å²) in [6, 6.07) is 7.74. The Hall–Kier alpha value is -1.23. The number of aryl methyl sites for hydroxylation is 1. The number of hydrogen-bond acceptors (Lipinski definition) is 4. The Labute approximate surface area is 123 Å². The molecule has 5 heteroatoms. The second kappa shape index (κ2) is 6.80. The highest BCUT2D eigenvalue weighted by Crippen LogP contribution is 2.38. The van der Waals surface area contributed by atoms with Gasteiger partial charge < -0.3 is 15.2 Å². The van der Waals surface area contributed by atoms with Gasteiger partial charge in [0.2, 0.25) is 0 Å². The second-order valence-corrected chi connectivity index (χ2v) is 5.06. The van der Waals surface area contributed by atoms with Crippen LogP contribution in [0, 0.1) is 6.92 Å². The molecule has 0 amide bonds.